The van der Waals surface area contributed by atoms with Crippen molar-refractivity contribution in [1.29, 1.82) is 0 Å². The molecule has 0 saturated carbocycles. The van der Waals surface area contributed by atoms with Gasteiger partial charge in [-0.2, -0.15) is 26.3 Å². The zero-order valence-electron chi connectivity index (χ0n) is 6.30. The Bertz CT molecular complexity index is 170. The summed E-state index contributed by atoms with van der Waals surface area (Å²) in [6.45, 7) is -0.501. The van der Waals surface area contributed by atoms with Crippen LogP contribution in [0.4, 0.5) is 26.3 Å². The van der Waals surface area contributed by atoms with Gasteiger partial charge in [0.25, 0.3) is 5.60 Å². The van der Waals surface area contributed by atoms with Crippen LogP contribution in [-0.2, 0) is 4.74 Å². The molecular weight excluding hydrogens is 202 g/mol. The Hall–Kier alpha value is -0.460. The molecule has 0 aliphatic carbocycles. The fraction of sp³-hybridized carbons (Fsp3) is 1.00. The van der Waals surface area contributed by atoms with Gasteiger partial charge in [0.1, 0.15) is 0 Å². The van der Waals surface area contributed by atoms with Crippen molar-refractivity contribution in [3.63, 3.8) is 0 Å². The van der Waals surface area contributed by atoms with Crippen LogP contribution in [0.1, 0.15) is 12.8 Å². The Balaban J connectivity index is 3.02. The van der Waals surface area contributed by atoms with Crippen LogP contribution in [-0.4, -0.2) is 24.6 Å². The first-order valence-electron chi connectivity index (χ1n) is 3.48. The number of hydrogen-bond acceptors (Lipinski definition) is 1. The third-order valence-electron chi connectivity index (χ3n) is 1.94. The molecule has 13 heavy (non-hydrogen) atoms. The molecule has 0 aromatic rings. The van der Waals surface area contributed by atoms with Crippen LogP contribution in [0.2, 0.25) is 0 Å². The van der Waals surface area contributed by atoms with Crippen LogP contribution in [0.15, 0.2) is 0 Å². The molecule has 0 atom stereocenters. The van der Waals surface area contributed by atoms with Crippen molar-refractivity contribution in [2.75, 3.05) is 6.61 Å². The molecule has 1 saturated heterocycles. The molecule has 1 heterocycles. The molecule has 1 aliphatic heterocycles. The van der Waals surface area contributed by atoms with Crippen LogP contribution in [0, 0.1) is 0 Å². The van der Waals surface area contributed by atoms with Crippen LogP contribution in [0.25, 0.3) is 0 Å². The second kappa shape index (κ2) is 2.76. The lowest BCUT2D eigenvalue weighted by Gasteiger charge is -2.32. The van der Waals surface area contributed by atoms with Crippen LogP contribution < -0.4 is 0 Å². The molecule has 1 rings (SSSR count). The maximum absolute atomic E-state index is 12.1. The van der Waals surface area contributed by atoms with Crippen molar-refractivity contribution in [2.45, 2.75) is 30.8 Å². The minimum absolute atomic E-state index is 0.223. The highest BCUT2D eigenvalue weighted by Gasteiger charge is 2.73. The Morgan fingerprint density at radius 1 is 0.923 bits per heavy atom. The van der Waals surface area contributed by atoms with Gasteiger partial charge in [0, 0.05) is 6.61 Å². The zero-order valence-corrected chi connectivity index (χ0v) is 6.30. The minimum Gasteiger partial charge on any atom is -0.358 e. The summed E-state index contributed by atoms with van der Waals surface area (Å²) in [6, 6.07) is 0. The van der Waals surface area contributed by atoms with Gasteiger partial charge in [-0.3, -0.25) is 0 Å². The van der Waals surface area contributed by atoms with E-state index in [2.05, 4.69) is 4.74 Å². The summed E-state index contributed by atoms with van der Waals surface area (Å²) in [5, 5.41) is 0. The van der Waals surface area contributed by atoms with Crippen molar-refractivity contribution < 1.29 is 31.1 Å². The van der Waals surface area contributed by atoms with Crippen molar-refractivity contribution in [3.8, 4) is 0 Å². The van der Waals surface area contributed by atoms with Gasteiger partial charge in [-0.25, -0.2) is 0 Å². The highest BCUT2D eigenvalue weighted by atomic mass is 19.4. The maximum Gasteiger partial charge on any atom is 0.426 e. The zero-order chi connectivity index (χ0) is 10.3. The molecular formula is C6H6F6O. The third kappa shape index (κ3) is 1.49. The van der Waals surface area contributed by atoms with E-state index in [0.717, 1.165) is 0 Å². The highest BCUT2D eigenvalue weighted by molar-refractivity contribution is 4.98. The monoisotopic (exact) mass is 208 g/mol. The van der Waals surface area contributed by atoms with Crippen LogP contribution in [0.5, 0.6) is 0 Å². The second-order valence-corrected chi connectivity index (χ2v) is 2.77. The molecule has 1 fully saturated rings. The number of rotatable bonds is 0. The molecule has 7 heteroatoms. The standard InChI is InChI=1S/C6H6F6O/c7-5(8,9)4(6(10,11)12)2-1-3-13-4/h1-3H2. The number of halogens is 6. The first-order chi connectivity index (χ1) is 5.71. The van der Waals surface area contributed by atoms with Crippen molar-refractivity contribution in [1.82, 2.24) is 0 Å². The molecule has 0 amide bonds. The topological polar surface area (TPSA) is 9.23 Å². The summed E-state index contributed by atoms with van der Waals surface area (Å²) < 4.78 is 76.2. The SMILES string of the molecule is FC(F)(F)C1(C(F)(F)F)CCCO1. The molecule has 0 bridgehead atoms. The normalized spacial score (nSPS) is 23.5. The lowest BCUT2D eigenvalue weighted by atomic mass is 9.99. The predicted molar refractivity (Wildman–Crippen MR) is 30.0 cm³/mol. The number of ether oxygens (including phenoxy) is 1. The third-order valence-corrected chi connectivity index (χ3v) is 1.94. The fourth-order valence-corrected chi connectivity index (χ4v) is 1.25. The van der Waals surface area contributed by atoms with E-state index in [1.54, 1.807) is 0 Å². The van der Waals surface area contributed by atoms with Crippen molar-refractivity contribution >= 4 is 0 Å². The molecule has 0 aromatic heterocycles. The summed E-state index contributed by atoms with van der Waals surface area (Å²) in [5.41, 5.74) is -3.93. The van der Waals surface area contributed by atoms with Gasteiger partial charge < -0.3 is 4.74 Å². The van der Waals surface area contributed by atoms with Gasteiger partial charge in [0.2, 0.25) is 0 Å². The quantitative estimate of drug-likeness (QED) is 0.556. The molecule has 0 radical (unpaired) electrons. The summed E-state index contributed by atoms with van der Waals surface area (Å²) in [4.78, 5) is 0. The van der Waals surface area contributed by atoms with Crippen LogP contribution in [0.3, 0.4) is 0 Å². The average molecular weight is 208 g/mol. The number of hydrogen-bond donors (Lipinski definition) is 0. The minimum atomic E-state index is -5.39. The van der Waals surface area contributed by atoms with Gasteiger partial charge in [-0.15, -0.1) is 0 Å². The maximum atomic E-state index is 12.1. The Labute approximate surface area is 69.7 Å². The average Bonchev–Trinajstić information content (AvgIpc) is 2.28. The molecule has 1 nitrogen and oxygen atoms in total. The van der Waals surface area contributed by atoms with Gasteiger partial charge in [0.05, 0.1) is 0 Å². The smallest absolute Gasteiger partial charge is 0.358 e. The Morgan fingerprint density at radius 2 is 1.38 bits per heavy atom. The van der Waals surface area contributed by atoms with E-state index in [0.29, 0.717) is 0 Å². The summed E-state index contributed by atoms with van der Waals surface area (Å²) in [7, 11) is 0. The Morgan fingerprint density at radius 3 is 1.54 bits per heavy atom. The van der Waals surface area contributed by atoms with E-state index in [4.69, 9.17) is 0 Å². The van der Waals surface area contributed by atoms with E-state index in [9.17, 15) is 26.3 Å². The summed E-state index contributed by atoms with van der Waals surface area (Å²) >= 11 is 0. The number of alkyl halides is 6. The molecule has 1 aliphatic rings. The first kappa shape index (κ1) is 10.6. The molecule has 78 valence electrons. The molecule has 0 N–H and O–H groups in total. The molecule has 0 aromatic carbocycles. The van der Waals surface area contributed by atoms with Gasteiger partial charge in [-0.1, -0.05) is 0 Å². The highest BCUT2D eigenvalue weighted by Crippen LogP contribution is 2.51. The van der Waals surface area contributed by atoms with Gasteiger partial charge in [0.15, 0.2) is 0 Å². The summed E-state index contributed by atoms with van der Waals surface area (Å²) in [5.74, 6) is 0. The van der Waals surface area contributed by atoms with Crippen LogP contribution >= 0.6 is 0 Å². The predicted octanol–water partition coefficient (Wildman–Crippen LogP) is 2.66. The molecule has 0 unspecified atom stereocenters. The largest absolute Gasteiger partial charge is 0.426 e. The Kier molecular flexibility index (Phi) is 2.26. The van der Waals surface area contributed by atoms with E-state index in [1.165, 1.54) is 0 Å². The molecule has 0 spiro atoms. The lowest BCUT2D eigenvalue weighted by molar-refractivity contribution is -0.368. The van der Waals surface area contributed by atoms with E-state index in [-0.39, 0.29) is 6.42 Å². The lowest BCUT2D eigenvalue weighted by Crippen LogP contribution is -2.56. The van der Waals surface area contributed by atoms with Gasteiger partial charge in [-0.05, 0) is 12.8 Å². The van der Waals surface area contributed by atoms with Crippen molar-refractivity contribution in [2.24, 2.45) is 0 Å². The fourth-order valence-electron chi connectivity index (χ4n) is 1.25. The second-order valence-electron chi connectivity index (χ2n) is 2.77. The van der Waals surface area contributed by atoms with E-state index < -0.39 is 31.0 Å². The van der Waals surface area contributed by atoms with E-state index in [1.807, 2.05) is 0 Å². The first-order valence-corrected chi connectivity index (χ1v) is 3.48. The van der Waals surface area contributed by atoms with Gasteiger partial charge >= 0.3 is 12.4 Å². The van der Waals surface area contributed by atoms with E-state index >= 15 is 0 Å². The summed E-state index contributed by atoms with van der Waals surface area (Å²) in [6.07, 6.45) is -12.0. The van der Waals surface area contributed by atoms with Crippen molar-refractivity contribution in [3.05, 3.63) is 0 Å².